The summed E-state index contributed by atoms with van der Waals surface area (Å²) in [7, 11) is -1.55. The second-order valence-corrected chi connectivity index (χ2v) is 10.8. The maximum Gasteiger partial charge on any atom is 0.313 e. The van der Waals surface area contributed by atoms with Gasteiger partial charge in [-0.3, -0.25) is 9.69 Å². The summed E-state index contributed by atoms with van der Waals surface area (Å²) in [6.45, 7) is 9.01. The van der Waals surface area contributed by atoms with Crippen LogP contribution >= 0.6 is 0 Å². The summed E-state index contributed by atoms with van der Waals surface area (Å²) in [4.78, 5) is 17.1. The highest BCUT2D eigenvalue weighted by atomic mass is 32.2. The number of hydrogen-bond donors (Lipinski definition) is 0. The van der Waals surface area contributed by atoms with E-state index in [0.29, 0.717) is 25.6 Å². The maximum absolute atomic E-state index is 13.3. The van der Waals surface area contributed by atoms with Gasteiger partial charge in [-0.1, -0.05) is 43.9 Å². The fourth-order valence-corrected chi connectivity index (χ4v) is 6.42. The first-order chi connectivity index (χ1) is 14.9. The van der Waals surface area contributed by atoms with Crippen molar-refractivity contribution in [1.82, 2.24) is 9.80 Å². The molecule has 6 nitrogen and oxygen atoms in total. The Morgan fingerprint density at radius 2 is 1.77 bits per heavy atom. The molecule has 7 heteroatoms. The summed E-state index contributed by atoms with van der Waals surface area (Å²) in [5.74, 6) is -0.0285. The van der Waals surface area contributed by atoms with Crippen molar-refractivity contribution in [2.75, 3.05) is 39.8 Å². The molecule has 0 bridgehead atoms. The molecule has 172 valence electrons. The van der Waals surface area contributed by atoms with Crippen LogP contribution in [-0.4, -0.2) is 69.4 Å². The smallest absolute Gasteiger partial charge is 0.313 e. The van der Waals surface area contributed by atoms with E-state index in [-0.39, 0.29) is 16.8 Å². The molecule has 2 fully saturated rings. The van der Waals surface area contributed by atoms with E-state index in [2.05, 4.69) is 11.5 Å². The molecule has 1 heterocycles. The van der Waals surface area contributed by atoms with Crippen LogP contribution in [0, 0.1) is 5.92 Å². The van der Waals surface area contributed by atoms with Crippen molar-refractivity contribution < 1.29 is 17.9 Å². The Hall–Kier alpha value is -1.70. The van der Waals surface area contributed by atoms with Gasteiger partial charge in [-0.05, 0) is 44.0 Å². The molecule has 1 saturated carbocycles. The number of sulfone groups is 1. The normalized spacial score (nSPS) is 21.0. The van der Waals surface area contributed by atoms with Crippen LogP contribution in [0.25, 0.3) is 0 Å². The number of nitrogens with zero attached hydrogens (tertiary/aromatic N) is 2. The van der Waals surface area contributed by atoms with E-state index in [9.17, 15) is 13.2 Å². The fraction of sp³-hybridized carbons (Fsp3) is 0.625. The molecule has 0 aromatic heterocycles. The number of rotatable bonds is 9. The fourth-order valence-electron chi connectivity index (χ4n) is 4.77. The molecule has 0 N–H and O–H groups in total. The van der Waals surface area contributed by atoms with E-state index in [0.717, 1.165) is 37.9 Å². The maximum atomic E-state index is 13.3. The van der Waals surface area contributed by atoms with Crippen molar-refractivity contribution in [3.8, 4) is 0 Å². The van der Waals surface area contributed by atoms with E-state index in [1.165, 1.54) is 18.9 Å². The minimum Gasteiger partial charge on any atom is -0.466 e. The lowest BCUT2D eigenvalue weighted by atomic mass is 9.88. The predicted molar refractivity (Wildman–Crippen MR) is 123 cm³/mol. The van der Waals surface area contributed by atoms with Gasteiger partial charge in [-0.15, -0.1) is 6.58 Å². The summed E-state index contributed by atoms with van der Waals surface area (Å²) in [6.07, 6.45) is 7.01. The topological polar surface area (TPSA) is 66.9 Å². The molecule has 0 spiro atoms. The predicted octanol–water partition coefficient (Wildman–Crippen LogP) is 3.45. The summed E-state index contributed by atoms with van der Waals surface area (Å²) in [6, 6.07) is 6.84. The summed E-state index contributed by atoms with van der Waals surface area (Å²) >= 11 is 0. The monoisotopic (exact) mass is 448 g/mol. The average Bonchev–Trinajstić information content (AvgIpc) is 3.27. The molecule has 2 unspecified atom stereocenters. The zero-order valence-corrected chi connectivity index (χ0v) is 19.6. The van der Waals surface area contributed by atoms with E-state index in [1.54, 1.807) is 24.3 Å². The Balaban J connectivity index is 1.79. The first-order valence-electron chi connectivity index (χ1n) is 11.4. The Bertz CT molecular complexity index is 839. The Labute approximate surface area is 187 Å². The number of ether oxygens (including phenoxy) is 1. The Morgan fingerprint density at radius 3 is 2.32 bits per heavy atom. The third-order valence-electron chi connectivity index (χ3n) is 6.64. The quantitative estimate of drug-likeness (QED) is 0.426. The van der Waals surface area contributed by atoms with Gasteiger partial charge in [0.15, 0.2) is 9.84 Å². The van der Waals surface area contributed by atoms with Gasteiger partial charge in [0.05, 0.1) is 17.4 Å². The molecule has 0 amide bonds. The summed E-state index contributed by atoms with van der Waals surface area (Å²) < 4.78 is 32.0. The van der Waals surface area contributed by atoms with Crippen molar-refractivity contribution in [2.24, 2.45) is 5.92 Å². The molecular weight excluding hydrogens is 412 g/mol. The van der Waals surface area contributed by atoms with Crippen molar-refractivity contribution in [1.29, 1.82) is 0 Å². The van der Waals surface area contributed by atoms with Gasteiger partial charge in [-0.25, -0.2) is 8.42 Å². The van der Waals surface area contributed by atoms with Crippen molar-refractivity contribution in [2.45, 2.75) is 55.2 Å². The molecule has 31 heavy (non-hydrogen) atoms. The largest absolute Gasteiger partial charge is 0.466 e. The average molecular weight is 449 g/mol. The first-order valence-corrected chi connectivity index (χ1v) is 13.0. The van der Waals surface area contributed by atoms with Gasteiger partial charge < -0.3 is 9.64 Å². The molecule has 1 saturated heterocycles. The number of benzene rings is 1. The summed E-state index contributed by atoms with van der Waals surface area (Å²) in [5.41, 5.74) is 0.832. The number of piperazine rings is 1. The highest BCUT2D eigenvalue weighted by molar-refractivity contribution is 7.92. The second-order valence-electron chi connectivity index (χ2n) is 8.77. The highest BCUT2D eigenvalue weighted by Crippen LogP contribution is 2.35. The van der Waals surface area contributed by atoms with Crippen molar-refractivity contribution in [3.63, 3.8) is 0 Å². The standard InChI is InChI=1S/C24H36N2O4S/c1-4-23(26-16-14-25(3)15-17-26)31(28,29)21-12-10-20(11-13-21)22(24(27)30-5-2)18-19-8-6-7-9-19/h4,10-13,19,22-23H,1,5-9,14-18H2,2-3H3. The van der Waals surface area contributed by atoms with Crippen LogP contribution in [0.2, 0.25) is 0 Å². The van der Waals surface area contributed by atoms with E-state index >= 15 is 0 Å². The molecule has 1 aliphatic carbocycles. The second kappa shape index (κ2) is 10.7. The van der Waals surface area contributed by atoms with Gasteiger partial charge in [0.1, 0.15) is 5.37 Å². The number of carbonyl (C=O) groups excluding carboxylic acids is 1. The molecule has 3 rings (SSSR count). The van der Waals surface area contributed by atoms with Gasteiger partial charge in [-0.2, -0.15) is 0 Å². The third-order valence-corrected chi connectivity index (χ3v) is 8.70. The van der Waals surface area contributed by atoms with Gasteiger partial charge in [0, 0.05) is 26.2 Å². The van der Waals surface area contributed by atoms with E-state index in [4.69, 9.17) is 4.74 Å². The number of likely N-dealkylation sites (N-methyl/N-ethyl adjacent to an activating group) is 1. The highest BCUT2D eigenvalue weighted by Gasteiger charge is 2.33. The molecule has 0 radical (unpaired) electrons. The molecule has 1 aliphatic heterocycles. The first kappa shape index (κ1) is 24.0. The van der Waals surface area contributed by atoms with Crippen LogP contribution in [0.15, 0.2) is 41.8 Å². The molecular formula is C24H36N2O4S. The minimum absolute atomic E-state index is 0.216. The van der Waals surface area contributed by atoms with Crippen LogP contribution in [0.5, 0.6) is 0 Å². The SMILES string of the molecule is C=CC(N1CCN(C)CC1)S(=O)(=O)c1ccc(C(CC2CCCC2)C(=O)OCC)cc1. The van der Waals surface area contributed by atoms with Gasteiger partial charge in [0.2, 0.25) is 0 Å². The Kier molecular flexibility index (Phi) is 8.30. The zero-order valence-electron chi connectivity index (χ0n) is 18.8. The Morgan fingerprint density at radius 1 is 1.16 bits per heavy atom. The van der Waals surface area contributed by atoms with E-state index in [1.807, 2.05) is 18.9 Å². The lowest BCUT2D eigenvalue weighted by molar-refractivity contribution is -0.145. The van der Waals surface area contributed by atoms with Crippen molar-refractivity contribution in [3.05, 3.63) is 42.5 Å². The third kappa shape index (κ3) is 5.76. The van der Waals surface area contributed by atoms with E-state index < -0.39 is 15.2 Å². The molecule has 2 atom stereocenters. The van der Waals surface area contributed by atoms with Crippen LogP contribution in [-0.2, 0) is 19.4 Å². The van der Waals surface area contributed by atoms with Gasteiger partial charge in [0.25, 0.3) is 0 Å². The molecule has 1 aromatic rings. The number of esters is 1. The lowest BCUT2D eigenvalue weighted by Crippen LogP contribution is -2.50. The van der Waals surface area contributed by atoms with Crippen LogP contribution < -0.4 is 0 Å². The van der Waals surface area contributed by atoms with Gasteiger partial charge >= 0.3 is 5.97 Å². The number of hydrogen-bond acceptors (Lipinski definition) is 6. The lowest BCUT2D eigenvalue weighted by Gasteiger charge is -2.36. The minimum atomic E-state index is -3.59. The molecule has 2 aliphatic rings. The van der Waals surface area contributed by atoms with Crippen LogP contribution in [0.3, 0.4) is 0 Å². The zero-order chi connectivity index (χ0) is 22.4. The number of carbonyl (C=O) groups is 1. The van der Waals surface area contributed by atoms with Crippen molar-refractivity contribution >= 4 is 15.8 Å². The molecule has 1 aromatic carbocycles. The van der Waals surface area contributed by atoms with Crippen LogP contribution in [0.1, 0.15) is 50.5 Å². The van der Waals surface area contributed by atoms with Crippen LogP contribution in [0.4, 0.5) is 0 Å². The summed E-state index contributed by atoms with van der Waals surface area (Å²) in [5, 5.41) is -0.744.